The summed E-state index contributed by atoms with van der Waals surface area (Å²) in [6.45, 7) is 1.59. The molecule has 2 aromatic heterocycles. The fourth-order valence-corrected chi connectivity index (χ4v) is 5.34. The van der Waals surface area contributed by atoms with Gasteiger partial charge in [-0.2, -0.15) is 0 Å². The molecule has 4 heterocycles. The topological polar surface area (TPSA) is 136 Å². The van der Waals surface area contributed by atoms with Crippen LogP contribution in [-0.2, 0) is 16.0 Å². The van der Waals surface area contributed by atoms with Crippen molar-refractivity contribution in [2.75, 3.05) is 13.1 Å². The van der Waals surface area contributed by atoms with Crippen molar-refractivity contribution in [1.82, 2.24) is 20.6 Å². The average molecular weight is 521 g/mol. The summed E-state index contributed by atoms with van der Waals surface area (Å²) in [5.74, 6) is 0.914. The predicted octanol–water partition coefficient (Wildman–Crippen LogP) is 3.97. The molecule has 2 amide bonds. The molecule has 0 spiro atoms. The van der Waals surface area contributed by atoms with Gasteiger partial charge in [0.25, 0.3) is 0 Å². The fraction of sp³-hybridized carbons (Fsp3) is 0.600. The Hall–Kier alpha value is -2.84. The highest BCUT2D eigenvalue weighted by molar-refractivity contribution is 5.82. The van der Waals surface area contributed by atoms with Crippen LogP contribution in [0.15, 0.2) is 36.7 Å². The number of fused-ring (bicyclic) bond motifs is 6. The summed E-state index contributed by atoms with van der Waals surface area (Å²) in [4.78, 5) is 32.3. The Labute approximate surface area is 226 Å². The van der Waals surface area contributed by atoms with Crippen LogP contribution in [0.5, 0.6) is 0 Å². The Bertz CT molecular complexity index is 1060. The number of aromatic nitrogens is 2. The summed E-state index contributed by atoms with van der Waals surface area (Å²) >= 11 is 0. The molecule has 2 aromatic rings. The van der Waals surface area contributed by atoms with Crippen molar-refractivity contribution in [3.63, 3.8) is 0 Å². The second kappa shape index (κ2) is 14.4. The van der Waals surface area contributed by atoms with Gasteiger partial charge < -0.3 is 22.1 Å². The van der Waals surface area contributed by atoms with E-state index < -0.39 is 0 Å². The van der Waals surface area contributed by atoms with E-state index in [-0.39, 0.29) is 29.8 Å². The van der Waals surface area contributed by atoms with Crippen LogP contribution in [-0.4, -0.2) is 34.9 Å². The molecular weight excluding hydrogens is 476 g/mol. The first-order valence-corrected chi connectivity index (χ1v) is 14.5. The van der Waals surface area contributed by atoms with Crippen molar-refractivity contribution >= 4 is 11.8 Å². The minimum Gasteiger partial charge on any atom is -0.356 e. The fourth-order valence-electron chi connectivity index (χ4n) is 5.34. The number of amides is 2. The van der Waals surface area contributed by atoms with Gasteiger partial charge in [-0.3, -0.25) is 19.6 Å². The van der Waals surface area contributed by atoms with E-state index in [1.807, 2.05) is 24.5 Å². The maximum Gasteiger partial charge on any atom is 0.223 e. The molecule has 6 N–H and O–H groups in total. The molecule has 0 saturated heterocycles. The molecule has 206 valence electrons. The Morgan fingerprint density at radius 3 is 2.11 bits per heavy atom. The van der Waals surface area contributed by atoms with Crippen molar-refractivity contribution in [2.24, 2.45) is 17.4 Å². The van der Waals surface area contributed by atoms with Gasteiger partial charge in [0.2, 0.25) is 11.8 Å². The van der Waals surface area contributed by atoms with Gasteiger partial charge in [0.1, 0.15) is 0 Å². The van der Waals surface area contributed by atoms with Gasteiger partial charge in [0.05, 0.1) is 11.4 Å². The first-order valence-electron chi connectivity index (χ1n) is 14.5. The van der Waals surface area contributed by atoms with Gasteiger partial charge in [0.15, 0.2) is 0 Å². The maximum atomic E-state index is 12.0. The smallest absolute Gasteiger partial charge is 0.223 e. The highest BCUT2D eigenvalue weighted by Gasteiger charge is 2.43. The maximum absolute atomic E-state index is 12.0. The summed E-state index contributed by atoms with van der Waals surface area (Å²) < 4.78 is 0. The number of nitrogens with zero attached hydrogens (tertiary/aromatic N) is 2. The Balaban J connectivity index is 0.000000177. The molecule has 8 nitrogen and oxygen atoms in total. The summed E-state index contributed by atoms with van der Waals surface area (Å²) in [6, 6.07) is 8.29. The molecule has 8 heteroatoms. The van der Waals surface area contributed by atoms with Gasteiger partial charge in [-0.15, -0.1) is 0 Å². The third-order valence-electron chi connectivity index (χ3n) is 7.84. The highest BCUT2D eigenvalue weighted by atomic mass is 16.2. The van der Waals surface area contributed by atoms with Crippen LogP contribution in [0.1, 0.15) is 111 Å². The molecule has 0 unspecified atom stereocenters. The van der Waals surface area contributed by atoms with Crippen LogP contribution < -0.4 is 22.1 Å². The number of nitrogens with one attached hydrogen (secondary N) is 2. The van der Waals surface area contributed by atoms with Gasteiger partial charge in [-0.25, -0.2) is 0 Å². The van der Waals surface area contributed by atoms with E-state index in [4.69, 9.17) is 11.5 Å². The number of hydrogen-bond donors (Lipinski definition) is 4. The zero-order chi connectivity index (χ0) is 26.7. The quantitative estimate of drug-likeness (QED) is 0.415. The van der Waals surface area contributed by atoms with Crippen molar-refractivity contribution in [1.29, 1.82) is 0 Å². The summed E-state index contributed by atoms with van der Waals surface area (Å²) in [5, 5.41) is 6.02. The second-order valence-corrected chi connectivity index (χ2v) is 11.0. The van der Waals surface area contributed by atoms with Gasteiger partial charge in [-0.05, 0) is 86.3 Å². The van der Waals surface area contributed by atoms with Crippen molar-refractivity contribution in [2.45, 2.75) is 95.1 Å². The van der Waals surface area contributed by atoms with E-state index in [1.54, 1.807) is 0 Å². The highest BCUT2D eigenvalue weighted by Crippen LogP contribution is 2.47. The Kier molecular flexibility index (Phi) is 10.6. The normalized spacial score (nSPS) is 26.8. The monoisotopic (exact) mass is 520 g/mol. The Morgan fingerprint density at radius 2 is 1.37 bits per heavy atom. The molecule has 2 aliphatic heterocycles. The molecule has 1 saturated carbocycles. The molecular formula is C30H44N6O2. The minimum atomic E-state index is 0.0292. The van der Waals surface area contributed by atoms with Crippen LogP contribution in [0.2, 0.25) is 0 Å². The average Bonchev–Trinajstić information content (AvgIpc) is 3.73. The second-order valence-electron chi connectivity index (χ2n) is 11.0. The summed E-state index contributed by atoms with van der Waals surface area (Å²) in [7, 11) is 0. The van der Waals surface area contributed by atoms with Gasteiger partial charge >= 0.3 is 0 Å². The lowest BCUT2D eigenvalue weighted by Crippen LogP contribution is -2.26. The van der Waals surface area contributed by atoms with E-state index in [2.05, 4.69) is 32.7 Å². The third kappa shape index (κ3) is 8.60. The van der Waals surface area contributed by atoms with E-state index in [0.717, 1.165) is 95.1 Å². The van der Waals surface area contributed by atoms with Crippen LogP contribution in [0, 0.1) is 5.92 Å². The summed E-state index contributed by atoms with van der Waals surface area (Å²) in [5.41, 5.74) is 16.8. The van der Waals surface area contributed by atoms with E-state index in [0.29, 0.717) is 12.3 Å². The molecule has 5 rings (SSSR count). The van der Waals surface area contributed by atoms with Crippen LogP contribution in [0.3, 0.4) is 0 Å². The zero-order valence-corrected chi connectivity index (χ0v) is 22.5. The molecule has 1 aliphatic carbocycles. The third-order valence-corrected chi connectivity index (χ3v) is 7.84. The SMILES string of the molecule is N[C@H]1CCCCCNC(=O)CCCc2ccnc1c2.N[C@H]1CCCCCNC(=O)[C@@H]2C[C@@H]2c2ccnc1c2. The van der Waals surface area contributed by atoms with Crippen molar-refractivity contribution < 1.29 is 9.59 Å². The van der Waals surface area contributed by atoms with E-state index >= 15 is 0 Å². The van der Waals surface area contributed by atoms with Crippen LogP contribution >= 0.6 is 0 Å². The molecule has 1 fully saturated rings. The lowest BCUT2D eigenvalue weighted by molar-refractivity contribution is -0.122. The molecule has 0 aromatic carbocycles. The number of rotatable bonds is 0. The van der Waals surface area contributed by atoms with Gasteiger partial charge in [-0.1, -0.05) is 25.7 Å². The number of hydrogen-bond acceptors (Lipinski definition) is 6. The number of carbonyl (C=O) groups is 2. The molecule has 38 heavy (non-hydrogen) atoms. The first-order chi connectivity index (χ1) is 18.5. The summed E-state index contributed by atoms with van der Waals surface area (Å²) in [6.07, 6.45) is 15.4. The van der Waals surface area contributed by atoms with Crippen molar-refractivity contribution in [3.8, 4) is 0 Å². The van der Waals surface area contributed by atoms with Crippen LogP contribution in [0.4, 0.5) is 0 Å². The van der Waals surface area contributed by atoms with E-state index in [9.17, 15) is 9.59 Å². The molecule has 3 aliphatic rings. The molecule has 0 radical (unpaired) electrons. The first kappa shape index (κ1) is 28.2. The minimum absolute atomic E-state index is 0.0292. The standard InChI is InChI=1S/C15H21N3O.C15H23N3O/c16-13-4-2-1-3-6-18-15(19)12-9-11(12)10-5-7-17-14(13)8-10;16-13-6-2-1-3-9-18-15(19)7-4-5-12-8-10-17-14(13)11-12/h5,7-8,11-13H,1-4,6,9,16H2,(H,18,19);8,10-11,13H,1-7,9,16H2,(H,18,19)/t11-,12-,13+;13-/m10/s1. The predicted molar refractivity (Wildman–Crippen MR) is 149 cm³/mol. The largest absolute Gasteiger partial charge is 0.356 e. The van der Waals surface area contributed by atoms with E-state index in [1.165, 1.54) is 11.1 Å². The van der Waals surface area contributed by atoms with Crippen molar-refractivity contribution in [3.05, 3.63) is 59.2 Å². The number of pyridine rings is 2. The number of nitrogens with two attached hydrogens (primary N) is 2. The Morgan fingerprint density at radius 1 is 0.711 bits per heavy atom. The zero-order valence-electron chi connectivity index (χ0n) is 22.5. The van der Waals surface area contributed by atoms with Crippen LogP contribution in [0.25, 0.3) is 0 Å². The number of aryl methyl sites for hydroxylation is 1. The van der Waals surface area contributed by atoms with Gasteiger partial charge in [0, 0.05) is 49.9 Å². The lowest BCUT2D eigenvalue weighted by atomic mass is 10.0. The number of carbonyl (C=O) groups excluding carboxylic acids is 2. The molecule has 4 bridgehead atoms. The molecule has 4 atom stereocenters. The lowest BCUT2D eigenvalue weighted by Gasteiger charge is -2.13.